The molecule has 0 aromatic heterocycles. The lowest BCUT2D eigenvalue weighted by Gasteiger charge is -2.35. The van der Waals surface area contributed by atoms with Crippen molar-refractivity contribution in [2.75, 3.05) is 12.4 Å². The van der Waals surface area contributed by atoms with Gasteiger partial charge in [0.2, 0.25) is 0 Å². The van der Waals surface area contributed by atoms with Crippen molar-refractivity contribution in [2.24, 2.45) is 0 Å². The maximum atomic E-state index is 6.88. The predicted octanol–water partition coefficient (Wildman–Crippen LogP) is 7.17. The topological polar surface area (TPSA) is 21.3 Å². The summed E-state index contributed by atoms with van der Waals surface area (Å²) in [7, 11) is -1.73. The molecular weight excluding hydrogens is 394 g/mol. The smallest absolute Gasteiger partial charge is 0.193 e. The van der Waals surface area contributed by atoms with E-state index in [9.17, 15) is 0 Å². The zero-order valence-electron chi connectivity index (χ0n) is 18.4. The first-order valence-electron chi connectivity index (χ1n) is 11.2. The third kappa shape index (κ3) is 7.56. The number of nitrogens with one attached hydrogen (secondary N) is 1. The van der Waals surface area contributed by atoms with Gasteiger partial charge in [-0.05, 0) is 29.3 Å². The number of benzene rings is 2. The first kappa shape index (κ1) is 24.1. The van der Waals surface area contributed by atoms with Crippen LogP contribution in [0.3, 0.4) is 0 Å². The van der Waals surface area contributed by atoms with Crippen LogP contribution in [0.4, 0.5) is 0 Å². The molecule has 0 aliphatic carbocycles. The number of hydrogen-bond acceptors (Lipinski definition) is 2. The van der Waals surface area contributed by atoms with Gasteiger partial charge in [0.15, 0.2) is 8.32 Å². The van der Waals surface area contributed by atoms with Crippen LogP contribution in [0.5, 0.6) is 0 Å². The summed E-state index contributed by atoms with van der Waals surface area (Å²) in [6.45, 7) is 7.62. The van der Waals surface area contributed by atoms with E-state index in [1.807, 2.05) is 0 Å². The second-order valence-corrected chi connectivity index (χ2v) is 12.4. The molecule has 0 saturated heterocycles. The van der Waals surface area contributed by atoms with Crippen LogP contribution < -0.4 is 5.32 Å². The molecule has 0 aliphatic heterocycles. The summed E-state index contributed by atoms with van der Waals surface area (Å²) < 4.78 is 6.88. The molecule has 0 spiro atoms. The van der Waals surface area contributed by atoms with Gasteiger partial charge in [-0.25, -0.2) is 0 Å². The third-order valence-corrected chi connectivity index (χ3v) is 10.9. The van der Waals surface area contributed by atoms with Gasteiger partial charge in [0.05, 0.1) is 12.1 Å². The van der Waals surface area contributed by atoms with Crippen molar-refractivity contribution < 1.29 is 4.43 Å². The Hall–Kier alpha value is -1.13. The Morgan fingerprint density at radius 1 is 0.793 bits per heavy atom. The van der Waals surface area contributed by atoms with E-state index in [0.717, 1.165) is 6.54 Å². The van der Waals surface area contributed by atoms with Gasteiger partial charge in [-0.15, -0.1) is 11.6 Å². The van der Waals surface area contributed by atoms with Gasteiger partial charge >= 0.3 is 0 Å². The maximum absolute atomic E-state index is 6.88. The van der Waals surface area contributed by atoms with Crippen LogP contribution in [0.2, 0.25) is 18.1 Å². The molecule has 4 heteroatoms. The van der Waals surface area contributed by atoms with Gasteiger partial charge in [-0.3, -0.25) is 0 Å². The molecule has 0 saturated carbocycles. The highest BCUT2D eigenvalue weighted by atomic mass is 35.5. The highest BCUT2D eigenvalue weighted by Gasteiger charge is 2.35. The molecule has 0 bridgehead atoms. The summed E-state index contributed by atoms with van der Waals surface area (Å²) in [5, 5.41) is 3.77. The molecule has 29 heavy (non-hydrogen) atoms. The highest BCUT2D eigenvalue weighted by Crippen LogP contribution is 2.29. The Morgan fingerprint density at radius 3 is 1.62 bits per heavy atom. The average molecular weight is 432 g/mol. The molecule has 2 rings (SSSR count). The first-order valence-corrected chi connectivity index (χ1v) is 14.3. The van der Waals surface area contributed by atoms with Crippen molar-refractivity contribution in [1.82, 2.24) is 5.32 Å². The van der Waals surface area contributed by atoms with Gasteiger partial charge in [-0.1, -0.05) is 101 Å². The van der Waals surface area contributed by atoms with E-state index in [1.54, 1.807) is 0 Å². The molecule has 2 aromatic carbocycles. The molecule has 0 radical (unpaired) electrons. The minimum Gasteiger partial charge on any atom is -0.411 e. The van der Waals surface area contributed by atoms with Crippen molar-refractivity contribution in [2.45, 2.75) is 70.3 Å². The summed E-state index contributed by atoms with van der Waals surface area (Å²) in [5.41, 5.74) is 2.54. The summed E-state index contributed by atoms with van der Waals surface area (Å²) >= 11 is 6.41. The van der Waals surface area contributed by atoms with Crippen LogP contribution in [0, 0.1) is 0 Å². The van der Waals surface area contributed by atoms with E-state index in [0.29, 0.717) is 5.88 Å². The van der Waals surface area contributed by atoms with Gasteiger partial charge in [0, 0.05) is 12.4 Å². The van der Waals surface area contributed by atoms with Gasteiger partial charge in [-0.2, -0.15) is 0 Å². The van der Waals surface area contributed by atoms with Gasteiger partial charge in [0.25, 0.3) is 0 Å². The lowest BCUT2D eigenvalue weighted by molar-refractivity contribution is 0.199. The molecule has 1 unspecified atom stereocenters. The van der Waals surface area contributed by atoms with Crippen LogP contribution in [-0.2, 0) is 4.43 Å². The third-order valence-electron chi connectivity index (χ3n) is 5.52. The molecular formula is C25H38ClNOSi. The van der Waals surface area contributed by atoms with Crippen LogP contribution in [0.15, 0.2) is 60.7 Å². The van der Waals surface area contributed by atoms with Crippen LogP contribution in [-0.4, -0.2) is 26.8 Å². The molecule has 0 aliphatic rings. The number of alkyl halides is 1. The molecule has 1 atom stereocenters. The SMILES string of the molecule is CCC[Si](CCC)(CCC)OC(CCl)CNC(c1ccccc1)c1ccccc1. The van der Waals surface area contributed by atoms with Crippen LogP contribution >= 0.6 is 11.6 Å². The van der Waals surface area contributed by atoms with Crippen molar-refractivity contribution in [3.8, 4) is 0 Å². The molecule has 2 aromatic rings. The Bertz CT molecular complexity index is 611. The molecule has 0 fully saturated rings. The molecule has 160 valence electrons. The van der Waals surface area contributed by atoms with E-state index < -0.39 is 8.32 Å². The summed E-state index contributed by atoms with van der Waals surface area (Å²) in [5.74, 6) is 0.537. The van der Waals surface area contributed by atoms with Crippen LogP contribution in [0.1, 0.15) is 57.2 Å². The Labute approximate surface area is 184 Å². The van der Waals surface area contributed by atoms with Crippen LogP contribution in [0.25, 0.3) is 0 Å². The normalized spacial score (nSPS) is 13.0. The Balaban J connectivity index is 2.14. The summed E-state index contributed by atoms with van der Waals surface area (Å²) in [6, 6.07) is 25.1. The van der Waals surface area contributed by atoms with E-state index in [1.165, 1.54) is 48.5 Å². The Kier molecular flexibility index (Phi) is 11.0. The van der Waals surface area contributed by atoms with Crippen molar-refractivity contribution in [1.29, 1.82) is 0 Å². The van der Waals surface area contributed by atoms with E-state index in [-0.39, 0.29) is 12.1 Å². The predicted molar refractivity (Wildman–Crippen MR) is 129 cm³/mol. The fourth-order valence-electron chi connectivity index (χ4n) is 4.37. The Morgan fingerprint density at radius 2 is 1.24 bits per heavy atom. The standard InChI is InChI=1S/C25H38ClNOSi/c1-4-17-29(18-5-2,19-6-3)28-24(20-26)21-27-25(22-13-9-7-10-14-22)23-15-11-8-12-16-23/h7-16,24-25,27H,4-6,17-21H2,1-3H3. The summed E-state index contributed by atoms with van der Waals surface area (Å²) in [4.78, 5) is 0. The quantitative estimate of drug-likeness (QED) is 0.253. The largest absolute Gasteiger partial charge is 0.411 e. The van der Waals surface area contributed by atoms with Gasteiger partial charge < -0.3 is 9.74 Å². The van der Waals surface area contributed by atoms with Crippen molar-refractivity contribution in [3.63, 3.8) is 0 Å². The zero-order valence-corrected chi connectivity index (χ0v) is 20.1. The zero-order chi connectivity index (χ0) is 21.0. The lowest BCUT2D eigenvalue weighted by atomic mass is 9.98. The average Bonchev–Trinajstić information content (AvgIpc) is 2.75. The fraction of sp³-hybridized carbons (Fsp3) is 0.520. The second kappa shape index (κ2) is 13.2. The molecule has 0 heterocycles. The molecule has 1 N–H and O–H groups in total. The number of hydrogen-bond donors (Lipinski definition) is 1. The lowest BCUT2D eigenvalue weighted by Crippen LogP contribution is -2.45. The minimum absolute atomic E-state index is 0.0582. The molecule has 0 amide bonds. The van der Waals surface area contributed by atoms with Gasteiger partial charge in [0.1, 0.15) is 0 Å². The van der Waals surface area contributed by atoms with E-state index in [4.69, 9.17) is 16.0 Å². The van der Waals surface area contributed by atoms with Crippen molar-refractivity contribution in [3.05, 3.63) is 71.8 Å². The first-order chi connectivity index (χ1) is 14.2. The second-order valence-electron chi connectivity index (χ2n) is 7.99. The maximum Gasteiger partial charge on any atom is 0.193 e. The minimum atomic E-state index is -1.73. The van der Waals surface area contributed by atoms with Crippen molar-refractivity contribution >= 4 is 19.9 Å². The monoisotopic (exact) mass is 431 g/mol. The highest BCUT2D eigenvalue weighted by molar-refractivity contribution is 6.73. The number of halogens is 1. The summed E-state index contributed by atoms with van der Waals surface area (Å²) in [6.07, 6.45) is 3.66. The molecule has 2 nitrogen and oxygen atoms in total. The van der Waals surface area contributed by atoms with E-state index in [2.05, 4.69) is 86.8 Å². The van der Waals surface area contributed by atoms with E-state index >= 15 is 0 Å². The number of rotatable bonds is 14. The fourth-order valence-corrected chi connectivity index (χ4v) is 9.36.